The fourth-order valence-electron chi connectivity index (χ4n) is 2.37. The summed E-state index contributed by atoms with van der Waals surface area (Å²) in [5.74, 6) is -0.0763. The molecule has 0 radical (unpaired) electrons. The van der Waals surface area contributed by atoms with Crippen LogP contribution in [0.1, 0.15) is 36.1 Å². The molecular formula is C21H25NO2. The molecule has 2 aromatic carbocycles. The van der Waals surface area contributed by atoms with Crippen molar-refractivity contribution in [1.29, 1.82) is 0 Å². The van der Waals surface area contributed by atoms with E-state index in [9.17, 15) is 4.79 Å². The standard InChI is InChI=1S/C21H25NO2/c1-17-8-6-9-19(16-17)12-13-21(23)22-14-7-15-24-18(2)20-10-4-3-5-11-20/h3-6,8-13,16,18H,7,14-15H2,1-2H3,(H,22,23)/b13-12+. The van der Waals surface area contributed by atoms with Gasteiger partial charge in [-0.15, -0.1) is 0 Å². The minimum atomic E-state index is -0.0763. The number of carbonyl (C=O) groups excluding carboxylic acids is 1. The molecule has 0 aliphatic heterocycles. The quantitative estimate of drug-likeness (QED) is 0.581. The summed E-state index contributed by atoms with van der Waals surface area (Å²) in [5, 5.41) is 2.88. The van der Waals surface area contributed by atoms with Gasteiger partial charge in [0.2, 0.25) is 5.91 Å². The number of benzene rings is 2. The van der Waals surface area contributed by atoms with E-state index >= 15 is 0 Å². The Bertz CT molecular complexity index is 665. The number of hydrogen-bond donors (Lipinski definition) is 1. The van der Waals surface area contributed by atoms with E-state index in [0.29, 0.717) is 13.2 Å². The van der Waals surface area contributed by atoms with Crippen LogP contribution in [0.5, 0.6) is 0 Å². The topological polar surface area (TPSA) is 38.3 Å². The maximum Gasteiger partial charge on any atom is 0.244 e. The lowest BCUT2D eigenvalue weighted by molar-refractivity contribution is -0.116. The number of carbonyl (C=O) groups is 1. The highest BCUT2D eigenvalue weighted by atomic mass is 16.5. The normalized spacial score (nSPS) is 12.2. The van der Waals surface area contributed by atoms with Crippen molar-refractivity contribution in [2.24, 2.45) is 0 Å². The first-order valence-electron chi connectivity index (χ1n) is 8.34. The van der Waals surface area contributed by atoms with Crippen LogP contribution in [0.25, 0.3) is 6.08 Å². The fraction of sp³-hybridized carbons (Fsp3) is 0.286. The van der Waals surface area contributed by atoms with Crippen molar-refractivity contribution in [2.45, 2.75) is 26.4 Å². The predicted molar refractivity (Wildman–Crippen MR) is 98.6 cm³/mol. The van der Waals surface area contributed by atoms with Gasteiger partial charge in [-0.25, -0.2) is 0 Å². The van der Waals surface area contributed by atoms with Gasteiger partial charge in [0.1, 0.15) is 0 Å². The third-order valence-electron chi connectivity index (χ3n) is 3.73. The summed E-state index contributed by atoms with van der Waals surface area (Å²) >= 11 is 0. The van der Waals surface area contributed by atoms with Crippen LogP contribution in [0.4, 0.5) is 0 Å². The summed E-state index contributed by atoms with van der Waals surface area (Å²) in [7, 11) is 0. The molecule has 3 heteroatoms. The number of amides is 1. The molecule has 126 valence electrons. The fourth-order valence-corrected chi connectivity index (χ4v) is 2.37. The first kappa shape index (κ1) is 18.0. The van der Waals surface area contributed by atoms with Crippen LogP contribution in [0, 0.1) is 6.92 Å². The van der Waals surface area contributed by atoms with Gasteiger partial charge < -0.3 is 10.1 Å². The molecular weight excluding hydrogens is 298 g/mol. The van der Waals surface area contributed by atoms with Crippen LogP contribution < -0.4 is 5.32 Å². The molecule has 2 rings (SSSR count). The minimum absolute atomic E-state index is 0.0723. The third-order valence-corrected chi connectivity index (χ3v) is 3.73. The minimum Gasteiger partial charge on any atom is -0.374 e. The van der Waals surface area contributed by atoms with Crippen LogP contribution >= 0.6 is 0 Å². The molecule has 0 saturated carbocycles. The maximum atomic E-state index is 11.8. The predicted octanol–water partition coefficient (Wildman–Crippen LogP) is 4.29. The molecule has 0 spiro atoms. The monoisotopic (exact) mass is 323 g/mol. The van der Waals surface area contributed by atoms with E-state index in [-0.39, 0.29) is 12.0 Å². The van der Waals surface area contributed by atoms with Crippen LogP contribution in [-0.4, -0.2) is 19.1 Å². The van der Waals surface area contributed by atoms with Crippen molar-refractivity contribution in [3.63, 3.8) is 0 Å². The average Bonchev–Trinajstić information content (AvgIpc) is 2.60. The second kappa shape index (κ2) is 9.68. The maximum absolute atomic E-state index is 11.8. The van der Waals surface area contributed by atoms with Gasteiger partial charge in [0.15, 0.2) is 0 Å². The summed E-state index contributed by atoms with van der Waals surface area (Å²) in [6.45, 7) is 5.31. The van der Waals surface area contributed by atoms with Gasteiger partial charge >= 0.3 is 0 Å². The lowest BCUT2D eigenvalue weighted by Gasteiger charge is -2.13. The summed E-state index contributed by atoms with van der Waals surface area (Å²) < 4.78 is 5.78. The summed E-state index contributed by atoms with van der Waals surface area (Å²) in [6, 6.07) is 18.2. The smallest absolute Gasteiger partial charge is 0.244 e. The molecule has 1 N–H and O–H groups in total. The second-order valence-corrected chi connectivity index (χ2v) is 5.82. The second-order valence-electron chi connectivity index (χ2n) is 5.82. The van der Waals surface area contributed by atoms with Crippen LogP contribution in [-0.2, 0) is 9.53 Å². The number of ether oxygens (including phenoxy) is 1. The van der Waals surface area contributed by atoms with Crippen molar-refractivity contribution < 1.29 is 9.53 Å². The zero-order chi connectivity index (χ0) is 17.2. The Labute approximate surface area is 144 Å². The van der Waals surface area contributed by atoms with E-state index in [4.69, 9.17) is 4.74 Å². The van der Waals surface area contributed by atoms with Crippen molar-refractivity contribution in [3.05, 3.63) is 77.4 Å². The number of hydrogen-bond acceptors (Lipinski definition) is 2. The molecule has 3 nitrogen and oxygen atoms in total. The van der Waals surface area contributed by atoms with Gasteiger partial charge in [-0.2, -0.15) is 0 Å². The Kier molecular flexibility index (Phi) is 7.24. The number of nitrogens with one attached hydrogen (secondary N) is 1. The van der Waals surface area contributed by atoms with E-state index in [2.05, 4.69) is 17.4 Å². The van der Waals surface area contributed by atoms with Gasteiger partial charge in [0.25, 0.3) is 0 Å². The molecule has 0 bridgehead atoms. The van der Waals surface area contributed by atoms with Crippen molar-refractivity contribution in [3.8, 4) is 0 Å². The van der Waals surface area contributed by atoms with E-state index in [1.54, 1.807) is 6.08 Å². The van der Waals surface area contributed by atoms with Gasteiger partial charge in [-0.05, 0) is 37.5 Å². The van der Waals surface area contributed by atoms with Gasteiger partial charge in [0.05, 0.1) is 6.10 Å². The highest BCUT2D eigenvalue weighted by Gasteiger charge is 2.04. The van der Waals surface area contributed by atoms with Crippen LogP contribution in [0.15, 0.2) is 60.7 Å². The molecule has 0 aromatic heterocycles. The Hall–Kier alpha value is -2.39. The Morgan fingerprint density at radius 3 is 2.71 bits per heavy atom. The van der Waals surface area contributed by atoms with Crippen molar-refractivity contribution in [2.75, 3.05) is 13.2 Å². The van der Waals surface area contributed by atoms with Gasteiger partial charge in [0, 0.05) is 19.2 Å². The molecule has 1 amide bonds. The van der Waals surface area contributed by atoms with E-state index in [0.717, 1.165) is 12.0 Å². The molecule has 0 aliphatic rings. The van der Waals surface area contributed by atoms with Crippen LogP contribution in [0.2, 0.25) is 0 Å². The zero-order valence-electron chi connectivity index (χ0n) is 14.4. The SMILES string of the molecule is Cc1cccc(/C=C/C(=O)NCCCOC(C)c2ccccc2)c1. The molecule has 0 aliphatic carbocycles. The molecule has 24 heavy (non-hydrogen) atoms. The van der Waals surface area contributed by atoms with Crippen LogP contribution in [0.3, 0.4) is 0 Å². The number of rotatable bonds is 8. The summed E-state index contributed by atoms with van der Waals surface area (Å²) in [6.07, 6.45) is 4.27. The van der Waals surface area contributed by atoms with E-state index in [1.807, 2.05) is 62.4 Å². The van der Waals surface area contributed by atoms with Gasteiger partial charge in [-0.3, -0.25) is 4.79 Å². The lowest BCUT2D eigenvalue weighted by atomic mass is 10.1. The first-order chi connectivity index (χ1) is 11.6. The third kappa shape index (κ3) is 6.39. The largest absolute Gasteiger partial charge is 0.374 e. The summed E-state index contributed by atoms with van der Waals surface area (Å²) in [4.78, 5) is 11.8. The molecule has 1 unspecified atom stereocenters. The van der Waals surface area contributed by atoms with E-state index in [1.165, 1.54) is 11.1 Å². The Morgan fingerprint density at radius 2 is 1.96 bits per heavy atom. The van der Waals surface area contributed by atoms with E-state index < -0.39 is 0 Å². The molecule has 0 saturated heterocycles. The zero-order valence-corrected chi connectivity index (χ0v) is 14.4. The Balaban J connectivity index is 1.62. The first-order valence-corrected chi connectivity index (χ1v) is 8.34. The molecule has 2 aromatic rings. The molecule has 1 atom stereocenters. The molecule has 0 heterocycles. The molecule has 0 fully saturated rings. The lowest BCUT2D eigenvalue weighted by Crippen LogP contribution is -2.23. The highest BCUT2D eigenvalue weighted by molar-refractivity contribution is 5.91. The van der Waals surface area contributed by atoms with Crippen molar-refractivity contribution in [1.82, 2.24) is 5.32 Å². The average molecular weight is 323 g/mol. The highest BCUT2D eigenvalue weighted by Crippen LogP contribution is 2.15. The number of aryl methyl sites for hydroxylation is 1. The summed E-state index contributed by atoms with van der Waals surface area (Å²) in [5.41, 5.74) is 3.38. The van der Waals surface area contributed by atoms with Gasteiger partial charge in [-0.1, -0.05) is 60.2 Å². The Morgan fingerprint density at radius 1 is 1.17 bits per heavy atom. The van der Waals surface area contributed by atoms with Crippen molar-refractivity contribution >= 4 is 12.0 Å².